The standard InChI is InChI=1S/C12H20N2S/c1-9-3-13-4-11(9)5-14-6-12-8-15-7-10(12)2/h7-9,11,13-14H,3-6H2,1-2H3/t9-,11+/m1/s1. The summed E-state index contributed by atoms with van der Waals surface area (Å²) in [5.41, 5.74) is 2.88. The Balaban J connectivity index is 1.73. The molecule has 2 atom stereocenters. The highest BCUT2D eigenvalue weighted by Crippen LogP contribution is 2.16. The molecule has 0 aliphatic carbocycles. The molecule has 1 aromatic heterocycles. The average Bonchev–Trinajstić information content (AvgIpc) is 2.78. The van der Waals surface area contributed by atoms with E-state index >= 15 is 0 Å². The highest BCUT2D eigenvalue weighted by molar-refractivity contribution is 7.08. The van der Waals surface area contributed by atoms with Gasteiger partial charge in [0.25, 0.3) is 0 Å². The molecule has 1 aromatic rings. The summed E-state index contributed by atoms with van der Waals surface area (Å²) in [6.07, 6.45) is 0. The molecule has 1 aliphatic rings. The fourth-order valence-electron chi connectivity index (χ4n) is 2.10. The highest BCUT2D eigenvalue weighted by Gasteiger charge is 2.22. The van der Waals surface area contributed by atoms with Crippen molar-refractivity contribution in [3.8, 4) is 0 Å². The zero-order chi connectivity index (χ0) is 10.7. The largest absolute Gasteiger partial charge is 0.316 e. The number of hydrogen-bond donors (Lipinski definition) is 2. The van der Waals surface area contributed by atoms with E-state index in [1.165, 1.54) is 24.2 Å². The molecule has 0 bridgehead atoms. The summed E-state index contributed by atoms with van der Waals surface area (Å²) in [4.78, 5) is 0. The van der Waals surface area contributed by atoms with E-state index < -0.39 is 0 Å². The van der Waals surface area contributed by atoms with Gasteiger partial charge in [0.2, 0.25) is 0 Å². The molecule has 2 N–H and O–H groups in total. The van der Waals surface area contributed by atoms with E-state index in [1.54, 1.807) is 11.3 Å². The molecular weight excluding hydrogens is 204 g/mol. The van der Waals surface area contributed by atoms with Crippen molar-refractivity contribution in [2.45, 2.75) is 20.4 Å². The maximum Gasteiger partial charge on any atom is 0.0216 e. The van der Waals surface area contributed by atoms with Gasteiger partial charge in [-0.25, -0.2) is 0 Å². The second-order valence-corrected chi connectivity index (χ2v) is 5.35. The zero-order valence-corrected chi connectivity index (χ0v) is 10.4. The summed E-state index contributed by atoms with van der Waals surface area (Å²) >= 11 is 1.80. The number of aryl methyl sites for hydroxylation is 1. The Labute approximate surface area is 96.1 Å². The summed E-state index contributed by atoms with van der Waals surface area (Å²) in [6, 6.07) is 0. The summed E-state index contributed by atoms with van der Waals surface area (Å²) < 4.78 is 0. The lowest BCUT2D eigenvalue weighted by atomic mass is 9.98. The van der Waals surface area contributed by atoms with E-state index in [0.717, 1.165) is 24.9 Å². The Bertz CT molecular complexity index is 308. The average molecular weight is 224 g/mol. The highest BCUT2D eigenvalue weighted by atomic mass is 32.1. The van der Waals surface area contributed by atoms with Gasteiger partial charge in [0, 0.05) is 6.54 Å². The van der Waals surface area contributed by atoms with Crippen LogP contribution in [-0.2, 0) is 6.54 Å². The van der Waals surface area contributed by atoms with Gasteiger partial charge in [-0.3, -0.25) is 0 Å². The minimum Gasteiger partial charge on any atom is -0.316 e. The second kappa shape index (κ2) is 5.10. The predicted molar refractivity (Wildman–Crippen MR) is 66.3 cm³/mol. The first-order valence-electron chi connectivity index (χ1n) is 5.70. The van der Waals surface area contributed by atoms with Gasteiger partial charge in [0.05, 0.1) is 0 Å². The predicted octanol–water partition coefficient (Wildman–Crippen LogP) is 2.00. The maximum atomic E-state index is 3.57. The van der Waals surface area contributed by atoms with E-state index in [4.69, 9.17) is 0 Å². The van der Waals surface area contributed by atoms with Gasteiger partial charge in [-0.05, 0) is 60.3 Å². The molecule has 1 aliphatic heterocycles. The first kappa shape index (κ1) is 11.1. The van der Waals surface area contributed by atoms with E-state index in [9.17, 15) is 0 Å². The van der Waals surface area contributed by atoms with Gasteiger partial charge in [0.1, 0.15) is 0 Å². The lowest BCUT2D eigenvalue weighted by Crippen LogP contribution is -2.26. The Hall–Kier alpha value is -0.380. The molecule has 2 nitrogen and oxygen atoms in total. The van der Waals surface area contributed by atoms with Crippen LogP contribution in [0.1, 0.15) is 18.1 Å². The Morgan fingerprint density at radius 1 is 1.47 bits per heavy atom. The summed E-state index contributed by atoms with van der Waals surface area (Å²) in [5, 5.41) is 11.5. The number of rotatable bonds is 4. The Morgan fingerprint density at radius 3 is 2.93 bits per heavy atom. The summed E-state index contributed by atoms with van der Waals surface area (Å²) in [5.74, 6) is 1.63. The third-order valence-corrected chi connectivity index (χ3v) is 4.27. The topological polar surface area (TPSA) is 24.1 Å². The van der Waals surface area contributed by atoms with E-state index in [0.29, 0.717) is 0 Å². The number of hydrogen-bond acceptors (Lipinski definition) is 3. The van der Waals surface area contributed by atoms with Crippen molar-refractivity contribution in [1.29, 1.82) is 0 Å². The van der Waals surface area contributed by atoms with Crippen molar-refractivity contribution in [2.75, 3.05) is 19.6 Å². The van der Waals surface area contributed by atoms with Gasteiger partial charge in [0.15, 0.2) is 0 Å². The van der Waals surface area contributed by atoms with Crippen molar-refractivity contribution < 1.29 is 0 Å². The maximum absolute atomic E-state index is 3.57. The molecule has 0 spiro atoms. The molecular formula is C12H20N2S. The van der Waals surface area contributed by atoms with Gasteiger partial charge < -0.3 is 10.6 Å². The molecule has 0 amide bonds. The van der Waals surface area contributed by atoms with Crippen LogP contribution >= 0.6 is 11.3 Å². The fraction of sp³-hybridized carbons (Fsp3) is 0.667. The van der Waals surface area contributed by atoms with Crippen LogP contribution in [0.5, 0.6) is 0 Å². The van der Waals surface area contributed by atoms with Crippen LogP contribution in [0, 0.1) is 18.8 Å². The number of thiophene rings is 1. The van der Waals surface area contributed by atoms with Crippen molar-refractivity contribution >= 4 is 11.3 Å². The molecule has 1 fully saturated rings. The zero-order valence-electron chi connectivity index (χ0n) is 9.55. The minimum atomic E-state index is 0.809. The third-order valence-electron chi connectivity index (χ3n) is 3.36. The quantitative estimate of drug-likeness (QED) is 0.817. The first-order chi connectivity index (χ1) is 7.27. The van der Waals surface area contributed by atoms with Crippen LogP contribution in [0.15, 0.2) is 10.8 Å². The molecule has 15 heavy (non-hydrogen) atoms. The Morgan fingerprint density at radius 2 is 2.33 bits per heavy atom. The smallest absolute Gasteiger partial charge is 0.0216 e. The monoisotopic (exact) mass is 224 g/mol. The Kier molecular flexibility index (Phi) is 3.78. The molecule has 2 heterocycles. The lowest BCUT2D eigenvalue weighted by Gasteiger charge is -2.14. The van der Waals surface area contributed by atoms with E-state index in [-0.39, 0.29) is 0 Å². The van der Waals surface area contributed by atoms with Crippen LogP contribution in [0.4, 0.5) is 0 Å². The van der Waals surface area contributed by atoms with Gasteiger partial charge in [-0.2, -0.15) is 11.3 Å². The normalized spacial score (nSPS) is 26.0. The lowest BCUT2D eigenvalue weighted by molar-refractivity contribution is 0.420. The van der Waals surface area contributed by atoms with Crippen LogP contribution in [-0.4, -0.2) is 19.6 Å². The fourth-order valence-corrected chi connectivity index (χ4v) is 2.95. The molecule has 0 unspecified atom stereocenters. The van der Waals surface area contributed by atoms with Crippen LogP contribution < -0.4 is 10.6 Å². The van der Waals surface area contributed by atoms with Crippen LogP contribution in [0.25, 0.3) is 0 Å². The van der Waals surface area contributed by atoms with Crippen molar-refractivity contribution in [1.82, 2.24) is 10.6 Å². The van der Waals surface area contributed by atoms with Crippen LogP contribution in [0.2, 0.25) is 0 Å². The van der Waals surface area contributed by atoms with Crippen LogP contribution in [0.3, 0.4) is 0 Å². The number of nitrogens with one attached hydrogen (secondary N) is 2. The molecule has 3 heteroatoms. The van der Waals surface area contributed by atoms with Crippen molar-refractivity contribution in [3.05, 3.63) is 21.9 Å². The van der Waals surface area contributed by atoms with Gasteiger partial charge in [-0.1, -0.05) is 6.92 Å². The van der Waals surface area contributed by atoms with E-state index in [1.807, 2.05) is 0 Å². The summed E-state index contributed by atoms with van der Waals surface area (Å²) in [6.45, 7) is 9.05. The molecule has 84 valence electrons. The third kappa shape index (κ3) is 2.80. The van der Waals surface area contributed by atoms with Crippen molar-refractivity contribution in [3.63, 3.8) is 0 Å². The first-order valence-corrected chi connectivity index (χ1v) is 6.64. The SMILES string of the molecule is Cc1cscc1CNC[C@@H]1CNC[C@H]1C. The van der Waals surface area contributed by atoms with Gasteiger partial charge >= 0.3 is 0 Å². The minimum absolute atomic E-state index is 0.809. The molecule has 1 saturated heterocycles. The molecule has 0 aromatic carbocycles. The molecule has 2 rings (SSSR count). The molecule has 0 saturated carbocycles. The van der Waals surface area contributed by atoms with Gasteiger partial charge in [-0.15, -0.1) is 0 Å². The van der Waals surface area contributed by atoms with E-state index in [2.05, 4.69) is 35.2 Å². The van der Waals surface area contributed by atoms with Crippen molar-refractivity contribution in [2.24, 2.45) is 11.8 Å². The molecule has 0 radical (unpaired) electrons. The summed E-state index contributed by atoms with van der Waals surface area (Å²) in [7, 11) is 0. The second-order valence-electron chi connectivity index (χ2n) is 4.61.